The maximum absolute atomic E-state index is 13.7. The summed E-state index contributed by atoms with van der Waals surface area (Å²) >= 11 is 5.96. The zero-order valence-corrected chi connectivity index (χ0v) is 19.6. The molecular formula is C24H22ClFN6O3. The molecule has 0 unspecified atom stereocenters. The number of rotatable bonds is 6. The van der Waals surface area contributed by atoms with Crippen molar-refractivity contribution in [2.45, 2.75) is 19.0 Å². The number of nitriles is 1. The first-order valence-electron chi connectivity index (χ1n) is 10.7. The molecule has 11 heteroatoms. The molecule has 2 aromatic carbocycles. The normalized spacial score (nSPS) is 14.8. The van der Waals surface area contributed by atoms with Crippen LogP contribution in [0.4, 0.5) is 14.9 Å². The van der Waals surface area contributed by atoms with Crippen molar-refractivity contribution >= 4 is 29.2 Å². The van der Waals surface area contributed by atoms with Crippen LogP contribution in [-0.4, -0.2) is 46.9 Å². The molecule has 3 aromatic rings. The van der Waals surface area contributed by atoms with Crippen LogP contribution in [0.1, 0.15) is 34.1 Å². The van der Waals surface area contributed by atoms with Crippen LogP contribution in [0.5, 0.6) is 0 Å². The molecule has 35 heavy (non-hydrogen) atoms. The van der Waals surface area contributed by atoms with Gasteiger partial charge in [0.05, 0.1) is 40.5 Å². The van der Waals surface area contributed by atoms with E-state index in [1.54, 1.807) is 41.0 Å². The molecular weight excluding hydrogens is 475 g/mol. The van der Waals surface area contributed by atoms with Crippen molar-refractivity contribution in [1.82, 2.24) is 14.7 Å². The number of hydrogen-bond acceptors (Lipinski definition) is 5. The second-order valence-corrected chi connectivity index (χ2v) is 8.45. The number of nitrogens with two attached hydrogens (primary N) is 1. The Balaban J connectivity index is 1.71. The Hall–Kier alpha value is -3.94. The van der Waals surface area contributed by atoms with Gasteiger partial charge in [-0.3, -0.25) is 9.48 Å². The fourth-order valence-corrected chi connectivity index (χ4v) is 4.24. The van der Waals surface area contributed by atoms with Gasteiger partial charge in [-0.05, 0) is 48.9 Å². The molecule has 0 radical (unpaired) electrons. The summed E-state index contributed by atoms with van der Waals surface area (Å²) in [5, 5.41) is 16.3. The van der Waals surface area contributed by atoms with Gasteiger partial charge in [0.15, 0.2) is 0 Å². The van der Waals surface area contributed by atoms with Gasteiger partial charge in [0, 0.05) is 31.5 Å². The first-order valence-corrected chi connectivity index (χ1v) is 11.1. The van der Waals surface area contributed by atoms with Crippen LogP contribution in [0, 0.1) is 17.1 Å². The highest BCUT2D eigenvalue weighted by Gasteiger charge is 2.34. The zero-order valence-electron chi connectivity index (χ0n) is 18.8. The Morgan fingerprint density at radius 1 is 1.31 bits per heavy atom. The lowest BCUT2D eigenvalue weighted by Gasteiger charge is -2.34. The number of primary amides is 1. The minimum atomic E-state index is -0.721. The van der Waals surface area contributed by atoms with E-state index >= 15 is 0 Å². The highest BCUT2D eigenvalue weighted by Crippen LogP contribution is 2.34. The Kier molecular flexibility index (Phi) is 7.00. The van der Waals surface area contributed by atoms with Gasteiger partial charge < -0.3 is 20.7 Å². The summed E-state index contributed by atoms with van der Waals surface area (Å²) in [5.74, 6) is -1.31. The van der Waals surface area contributed by atoms with E-state index in [2.05, 4.69) is 10.4 Å². The summed E-state index contributed by atoms with van der Waals surface area (Å²) < 4.78 is 20.7. The van der Waals surface area contributed by atoms with Gasteiger partial charge in [-0.15, -0.1) is 0 Å². The number of halogens is 2. The van der Waals surface area contributed by atoms with E-state index < -0.39 is 11.7 Å². The summed E-state index contributed by atoms with van der Waals surface area (Å²) in [5.41, 5.74) is 8.06. The van der Waals surface area contributed by atoms with Crippen LogP contribution in [0.2, 0.25) is 5.02 Å². The summed E-state index contributed by atoms with van der Waals surface area (Å²) in [6.45, 7) is 0.784. The van der Waals surface area contributed by atoms with Gasteiger partial charge >= 0.3 is 6.03 Å². The number of fused-ring (bicyclic) bond motifs is 1. The third-order valence-electron chi connectivity index (χ3n) is 5.77. The Morgan fingerprint density at radius 2 is 2.06 bits per heavy atom. The molecule has 3 amide bonds. The summed E-state index contributed by atoms with van der Waals surface area (Å²) in [6, 6.07) is 11.9. The van der Waals surface area contributed by atoms with E-state index in [0.717, 1.165) is 0 Å². The minimum absolute atomic E-state index is 0.0752. The van der Waals surface area contributed by atoms with Crippen molar-refractivity contribution < 1.29 is 18.7 Å². The zero-order chi connectivity index (χ0) is 25.1. The smallest absolute Gasteiger partial charge is 0.322 e. The molecule has 1 aliphatic heterocycles. The summed E-state index contributed by atoms with van der Waals surface area (Å²) in [4.78, 5) is 27.2. The maximum atomic E-state index is 13.7. The Labute approximate surface area is 205 Å². The van der Waals surface area contributed by atoms with Gasteiger partial charge in [-0.1, -0.05) is 11.6 Å². The summed E-state index contributed by atoms with van der Waals surface area (Å²) in [6.07, 6.45) is 0.521. The lowest BCUT2D eigenvalue weighted by molar-refractivity contribution is 0.0995. The number of urea groups is 1. The molecule has 2 heterocycles. The first-order chi connectivity index (χ1) is 16.8. The van der Waals surface area contributed by atoms with E-state index in [4.69, 9.17) is 27.3 Å². The predicted octanol–water partition coefficient (Wildman–Crippen LogP) is 3.94. The predicted molar refractivity (Wildman–Crippen MR) is 127 cm³/mol. The fraction of sp³-hybridized carbons (Fsp3) is 0.250. The molecule has 0 aliphatic carbocycles. The number of nitrogens with zero attached hydrogens (tertiary/aromatic N) is 4. The maximum Gasteiger partial charge on any atom is 0.322 e. The third kappa shape index (κ3) is 4.96. The molecule has 0 spiro atoms. The number of aromatic nitrogens is 2. The van der Waals surface area contributed by atoms with Crippen LogP contribution < -0.4 is 11.1 Å². The van der Waals surface area contributed by atoms with E-state index in [1.807, 2.05) is 6.07 Å². The van der Waals surface area contributed by atoms with Gasteiger partial charge in [0.25, 0.3) is 5.91 Å². The SMILES string of the molecule is COCC[C@@H]1CN(C(=O)Nc2ccc(C#N)cc2)Cc2c(C(N)=O)c(-c3ccc(F)c(Cl)c3)nn21. The molecule has 180 valence electrons. The molecule has 9 nitrogen and oxygen atoms in total. The number of nitrogens with one attached hydrogen (secondary N) is 1. The third-order valence-corrected chi connectivity index (χ3v) is 6.06. The minimum Gasteiger partial charge on any atom is -0.385 e. The van der Waals surface area contributed by atoms with E-state index in [0.29, 0.717) is 42.1 Å². The molecule has 0 saturated heterocycles. The molecule has 0 fully saturated rings. The highest BCUT2D eigenvalue weighted by atomic mass is 35.5. The van der Waals surface area contributed by atoms with E-state index in [-0.39, 0.29) is 34.9 Å². The fourth-order valence-electron chi connectivity index (χ4n) is 4.06. The van der Waals surface area contributed by atoms with Crippen LogP contribution in [0.25, 0.3) is 11.3 Å². The molecule has 1 aromatic heterocycles. The summed E-state index contributed by atoms with van der Waals surface area (Å²) in [7, 11) is 1.57. The van der Waals surface area contributed by atoms with Crippen LogP contribution >= 0.6 is 11.6 Å². The van der Waals surface area contributed by atoms with Gasteiger partial charge in [-0.25, -0.2) is 9.18 Å². The lowest BCUT2D eigenvalue weighted by atomic mass is 10.0. The van der Waals surface area contributed by atoms with Crippen molar-refractivity contribution in [3.63, 3.8) is 0 Å². The average Bonchev–Trinajstić information content (AvgIpc) is 3.24. The number of amides is 3. The number of ether oxygens (including phenoxy) is 1. The molecule has 0 saturated carbocycles. The Morgan fingerprint density at radius 3 is 2.69 bits per heavy atom. The number of carbonyl (C=O) groups is 2. The number of carbonyl (C=O) groups excluding carboxylic acids is 2. The second-order valence-electron chi connectivity index (χ2n) is 8.04. The number of hydrogen-bond donors (Lipinski definition) is 2. The quantitative estimate of drug-likeness (QED) is 0.534. The lowest BCUT2D eigenvalue weighted by Crippen LogP contribution is -2.44. The molecule has 1 atom stereocenters. The monoisotopic (exact) mass is 496 g/mol. The Bertz CT molecular complexity index is 1320. The standard InChI is InChI=1S/C24H22ClFN6O3/c1-35-9-8-17-12-31(24(34)29-16-5-2-14(11-27)3-6-16)13-20-21(23(28)33)22(30-32(17)20)15-4-7-19(26)18(25)10-15/h2-7,10,17H,8-9,12-13H2,1H3,(H2,28,33)(H,29,34)/t17-/m1/s1. The molecule has 0 bridgehead atoms. The largest absolute Gasteiger partial charge is 0.385 e. The van der Waals surface area contributed by atoms with E-state index in [1.165, 1.54) is 18.2 Å². The second kappa shape index (κ2) is 10.1. The van der Waals surface area contributed by atoms with Crippen molar-refractivity contribution in [2.24, 2.45) is 5.73 Å². The highest BCUT2D eigenvalue weighted by molar-refractivity contribution is 6.31. The molecule has 3 N–H and O–H groups in total. The van der Waals surface area contributed by atoms with Crippen molar-refractivity contribution in [2.75, 3.05) is 25.6 Å². The van der Waals surface area contributed by atoms with Gasteiger partial charge in [0.1, 0.15) is 11.5 Å². The number of anilines is 1. The van der Waals surface area contributed by atoms with Crippen molar-refractivity contribution in [1.29, 1.82) is 5.26 Å². The van der Waals surface area contributed by atoms with Crippen LogP contribution in [-0.2, 0) is 11.3 Å². The topological polar surface area (TPSA) is 126 Å². The van der Waals surface area contributed by atoms with Crippen molar-refractivity contribution in [3.8, 4) is 17.3 Å². The average molecular weight is 497 g/mol. The van der Waals surface area contributed by atoms with Gasteiger partial charge in [0.2, 0.25) is 0 Å². The van der Waals surface area contributed by atoms with Crippen LogP contribution in [0.15, 0.2) is 42.5 Å². The number of methoxy groups -OCH3 is 1. The van der Waals surface area contributed by atoms with E-state index in [9.17, 15) is 14.0 Å². The number of benzene rings is 2. The molecule has 4 rings (SSSR count). The van der Waals surface area contributed by atoms with Crippen LogP contribution in [0.3, 0.4) is 0 Å². The van der Waals surface area contributed by atoms with Crippen molar-refractivity contribution in [3.05, 3.63) is 70.1 Å². The molecule has 1 aliphatic rings. The first kappa shape index (κ1) is 24.2. The van der Waals surface area contributed by atoms with Gasteiger partial charge in [-0.2, -0.15) is 10.4 Å².